The number of piperidine rings is 1. The van der Waals surface area contributed by atoms with Crippen molar-refractivity contribution in [2.75, 3.05) is 31.1 Å². The van der Waals surface area contributed by atoms with Crippen molar-refractivity contribution >= 4 is 22.9 Å². The molecule has 0 bridgehead atoms. The predicted molar refractivity (Wildman–Crippen MR) is 89.5 cm³/mol. The molecule has 128 valence electrons. The van der Waals surface area contributed by atoms with E-state index in [2.05, 4.69) is 32.1 Å². The monoisotopic (exact) mass is 329 g/mol. The summed E-state index contributed by atoms with van der Waals surface area (Å²) in [7, 11) is 0. The van der Waals surface area contributed by atoms with Crippen molar-refractivity contribution < 1.29 is 4.79 Å². The van der Waals surface area contributed by atoms with Gasteiger partial charge in [0, 0.05) is 32.7 Å². The summed E-state index contributed by atoms with van der Waals surface area (Å²) in [5.74, 6) is 1.89. The minimum Gasteiger partial charge on any atom is -0.353 e. The van der Waals surface area contributed by atoms with Gasteiger partial charge in [0.05, 0.1) is 5.92 Å². The maximum atomic E-state index is 12.6. The quantitative estimate of drug-likeness (QED) is 0.833. The smallest absolute Gasteiger partial charge is 0.229 e. The average Bonchev–Trinajstić information content (AvgIpc) is 2.98. The maximum Gasteiger partial charge on any atom is 0.229 e. The summed E-state index contributed by atoms with van der Waals surface area (Å²) in [6.07, 6.45) is 3.79. The topological polar surface area (TPSA) is 80.0 Å². The van der Waals surface area contributed by atoms with Crippen molar-refractivity contribution in [3.63, 3.8) is 0 Å². The molecule has 8 nitrogen and oxygen atoms in total. The number of anilines is 1. The van der Waals surface area contributed by atoms with Crippen LogP contribution in [0.4, 0.5) is 5.82 Å². The Kier molecular flexibility index (Phi) is 3.82. The zero-order chi connectivity index (χ0) is 16.7. The van der Waals surface area contributed by atoms with Gasteiger partial charge in [0.2, 0.25) is 5.91 Å². The minimum atomic E-state index is 0.0737. The highest BCUT2D eigenvalue weighted by Gasteiger charge is 2.38. The number of aryl methyl sites for hydroxylation is 1. The van der Waals surface area contributed by atoms with Gasteiger partial charge in [0.1, 0.15) is 6.33 Å². The van der Waals surface area contributed by atoms with Crippen LogP contribution in [0.3, 0.4) is 0 Å². The zero-order valence-electron chi connectivity index (χ0n) is 14.2. The Hall–Kier alpha value is -2.25. The first-order valence-corrected chi connectivity index (χ1v) is 8.75. The first-order chi connectivity index (χ1) is 11.7. The van der Waals surface area contributed by atoms with E-state index in [4.69, 9.17) is 0 Å². The van der Waals surface area contributed by atoms with Crippen LogP contribution >= 0.6 is 0 Å². The second-order valence-corrected chi connectivity index (χ2v) is 6.88. The van der Waals surface area contributed by atoms with Gasteiger partial charge in [0.15, 0.2) is 17.0 Å². The van der Waals surface area contributed by atoms with Crippen LogP contribution in [0.5, 0.6) is 0 Å². The molecule has 24 heavy (non-hydrogen) atoms. The highest BCUT2D eigenvalue weighted by atomic mass is 16.2. The van der Waals surface area contributed by atoms with Gasteiger partial charge in [0.25, 0.3) is 0 Å². The number of carbonyl (C=O) groups excluding carboxylic acids is 1. The number of carbonyl (C=O) groups is 1. The highest BCUT2D eigenvalue weighted by molar-refractivity contribution is 5.86. The highest BCUT2D eigenvalue weighted by Crippen LogP contribution is 2.29. The molecule has 1 amide bonds. The van der Waals surface area contributed by atoms with Crippen molar-refractivity contribution in [3.8, 4) is 0 Å². The molecule has 0 N–H and O–H groups in total. The van der Waals surface area contributed by atoms with Gasteiger partial charge in [-0.15, -0.1) is 5.10 Å². The van der Waals surface area contributed by atoms with E-state index in [1.165, 1.54) is 0 Å². The third kappa shape index (κ3) is 2.50. The van der Waals surface area contributed by atoms with Crippen molar-refractivity contribution in [2.45, 2.75) is 33.2 Å². The lowest BCUT2D eigenvalue weighted by molar-refractivity contribution is -0.137. The third-order valence-corrected chi connectivity index (χ3v) is 5.21. The lowest BCUT2D eigenvalue weighted by Crippen LogP contribution is -2.56. The van der Waals surface area contributed by atoms with Crippen LogP contribution in [0.25, 0.3) is 11.2 Å². The van der Waals surface area contributed by atoms with Crippen LogP contribution < -0.4 is 4.90 Å². The molecule has 2 aromatic rings. The van der Waals surface area contributed by atoms with Gasteiger partial charge in [-0.25, -0.2) is 14.6 Å². The number of hydrogen-bond acceptors (Lipinski definition) is 6. The molecule has 0 atom stereocenters. The molecule has 0 spiro atoms. The molecule has 0 aromatic carbocycles. The maximum absolute atomic E-state index is 12.6. The Balaban J connectivity index is 1.44. The van der Waals surface area contributed by atoms with E-state index in [0.29, 0.717) is 19.0 Å². The number of hydrogen-bond donors (Lipinski definition) is 0. The van der Waals surface area contributed by atoms with Gasteiger partial charge in [-0.3, -0.25) is 4.79 Å². The van der Waals surface area contributed by atoms with E-state index in [9.17, 15) is 4.79 Å². The molecular formula is C16H23N7O. The SMILES string of the molecule is CCn1nnc2c(N3CC(C(=O)N4CCC(C)CC4)C3)ncnc21. The fraction of sp³-hybridized carbons (Fsp3) is 0.688. The van der Waals surface area contributed by atoms with Crippen LogP contribution in [0.2, 0.25) is 0 Å². The number of fused-ring (bicyclic) bond motifs is 1. The fourth-order valence-electron chi connectivity index (χ4n) is 3.52. The molecule has 2 saturated heterocycles. The van der Waals surface area contributed by atoms with E-state index < -0.39 is 0 Å². The van der Waals surface area contributed by atoms with E-state index >= 15 is 0 Å². The summed E-state index contributed by atoms with van der Waals surface area (Å²) in [5, 5.41) is 8.32. The molecule has 0 radical (unpaired) electrons. The number of nitrogens with zero attached hydrogens (tertiary/aromatic N) is 7. The van der Waals surface area contributed by atoms with Crippen molar-refractivity contribution in [1.82, 2.24) is 29.9 Å². The van der Waals surface area contributed by atoms with Crippen LogP contribution in [-0.2, 0) is 11.3 Å². The number of aromatic nitrogens is 5. The summed E-state index contributed by atoms with van der Waals surface area (Å²) < 4.78 is 1.76. The fourth-order valence-corrected chi connectivity index (χ4v) is 3.52. The molecule has 2 aliphatic heterocycles. The van der Waals surface area contributed by atoms with Crippen LogP contribution in [-0.4, -0.2) is 61.9 Å². The zero-order valence-corrected chi connectivity index (χ0v) is 14.2. The lowest BCUT2D eigenvalue weighted by atomic mass is 9.94. The predicted octanol–water partition coefficient (Wildman–Crippen LogP) is 0.936. The number of rotatable bonds is 3. The second-order valence-electron chi connectivity index (χ2n) is 6.88. The van der Waals surface area contributed by atoms with Gasteiger partial charge < -0.3 is 9.80 Å². The van der Waals surface area contributed by atoms with E-state index in [1.807, 2.05) is 11.8 Å². The van der Waals surface area contributed by atoms with Gasteiger partial charge in [-0.1, -0.05) is 12.1 Å². The largest absolute Gasteiger partial charge is 0.353 e. The van der Waals surface area contributed by atoms with Crippen molar-refractivity contribution in [2.24, 2.45) is 11.8 Å². The number of amides is 1. The first-order valence-electron chi connectivity index (χ1n) is 8.75. The van der Waals surface area contributed by atoms with Gasteiger partial charge >= 0.3 is 0 Å². The first kappa shape index (κ1) is 15.3. The Morgan fingerprint density at radius 1 is 1.25 bits per heavy atom. The Morgan fingerprint density at radius 2 is 2.00 bits per heavy atom. The molecule has 4 rings (SSSR count). The van der Waals surface area contributed by atoms with Crippen LogP contribution in [0, 0.1) is 11.8 Å². The summed E-state index contributed by atoms with van der Waals surface area (Å²) in [4.78, 5) is 25.4. The normalized spacial score (nSPS) is 19.8. The summed E-state index contributed by atoms with van der Waals surface area (Å²) in [6, 6.07) is 0. The van der Waals surface area contributed by atoms with Crippen molar-refractivity contribution in [1.29, 1.82) is 0 Å². The van der Waals surface area contributed by atoms with Gasteiger partial charge in [-0.05, 0) is 25.7 Å². The van der Waals surface area contributed by atoms with E-state index in [0.717, 1.165) is 55.4 Å². The molecule has 4 heterocycles. The minimum absolute atomic E-state index is 0.0737. The van der Waals surface area contributed by atoms with Crippen LogP contribution in [0.1, 0.15) is 26.7 Å². The summed E-state index contributed by atoms with van der Waals surface area (Å²) in [5.41, 5.74) is 1.47. The standard InChI is InChI=1S/C16H23N7O/c1-3-23-15-13(19-20-23)14(17-10-18-15)22-8-12(9-22)16(24)21-6-4-11(2)5-7-21/h10-12H,3-9H2,1-2H3. The van der Waals surface area contributed by atoms with E-state index in [1.54, 1.807) is 11.0 Å². The molecule has 0 saturated carbocycles. The second kappa shape index (κ2) is 5.99. The molecule has 2 fully saturated rings. The Bertz CT molecular complexity index is 744. The third-order valence-electron chi connectivity index (χ3n) is 5.21. The summed E-state index contributed by atoms with van der Waals surface area (Å²) >= 11 is 0. The molecule has 0 aliphatic carbocycles. The lowest BCUT2D eigenvalue weighted by Gasteiger charge is -2.42. The summed E-state index contributed by atoms with van der Waals surface area (Å²) in [6.45, 7) is 8.20. The molecular weight excluding hydrogens is 306 g/mol. The van der Waals surface area contributed by atoms with Crippen molar-refractivity contribution in [3.05, 3.63) is 6.33 Å². The average molecular weight is 329 g/mol. The molecule has 2 aromatic heterocycles. The van der Waals surface area contributed by atoms with E-state index in [-0.39, 0.29) is 5.92 Å². The molecule has 0 unspecified atom stereocenters. The Labute approximate surface area is 140 Å². The van der Waals surface area contributed by atoms with Gasteiger partial charge in [-0.2, -0.15) is 0 Å². The number of likely N-dealkylation sites (tertiary alicyclic amines) is 1. The van der Waals surface area contributed by atoms with Crippen LogP contribution in [0.15, 0.2) is 6.33 Å². The molecule has 8 heteroatoms. The molecule has 2 aliphatic rings. The Morgan fingerprint density at radius 3 is 2.71 bits per heavy atom.